The van der Waals surface area contributed by atoms with Gasteiger partial charge in [0.2, 0.25) is 9.05 Å². The van der Waals surface area contributed by atoms with Gasteiger partial charge in [-0.3, -0.25) is 4.98 Å². The van der Waals surface area contributed by atoms with Crippen LogP contribution in [0.1, 0.15) is 12.8 Å². The summed E-state index contributed by atoms with van der Waals surface area (Å²) in [5, 5.41) is 0. The average molecular weight is 250 g/mol. The summed E-state index contributed by atoms with van der Waals surface area (Å²) < 4.78 is 26.5. The maximum Gasteiger partial charge on any atom is 0.232 e. The normalized spacial score (nSPS) is 11.3. The summed E-state index contributed by atoms with van der Waals surface area (Å²) in [6.45, 7) is 0.470. The van der Waals surface area contributed by atoms with Crippen molar-refractivity contribution in [3.63, 3.8) is 0 Å². The van der Waals surface area contributed by atoms with Gasteiger partial charge < -0.3 is 4.74 Å². The molecule has 0 unspecified atom stereocenters. The van der Waals surface area contributed by atoms with Gasteiger partial charge in [0, 0.05) is 16.9 Å². The molecule has 0 N–H and O–H groups in total. The molecule has 6 heteroatoms. The Hall–Kier alpha value is -0.810. The maximum atomic E-state index is 10.6. The van der Waals surface area contributed by atoms with Crippen LogP contribution in [-0.4, -0.2) is 25.8 Å². The minimum absolute atomic E-state index is 0.00897. The Morgan fingerprint density at radius 2 is 2.20 bits per heavy atom. The van der Waals surface area contributed by atoms with Crippen molar-refractivity contribution in [3.8, 4) is 5.75 Å². The maximum absolute atomic E-state index is 10.6. The van der Waals surface area contributed by atoms with Gasteiger partial charge in [0.1, 0.15) is 5.75 Å². The largest absolute Gasteiger partial charge is 0.492 e. The summed E-state index contributed by atoms with van der Waals surface area (Å²) in [4.78, 5) is 3.88. The molecule has 0 aliphatic carbocycles. The van der Waals surface area contributed by atoms with Crippen LogP contribution in [-0.2, 0) is 9.05 Å². The lowest BCUT2D eigenvalue weighted by molar-refractivity contribution is 0.308. The minimum Gasteiger partial charge on any atom is -0.492 e. The molecule has 4 nitrogen and oxygen atoms in total. The van der Waals surface area contributed by atoms with E-state index in [0.717, 1.165) is 0 Å². The van der Waals surface area contributed by atoms with E-state index in [-0.39, 0.29) is 5.75 Å². The Balaban J connectivity index is 2.13. The van der Waals surface area contributed by atoms with Crippen molar-refractivity contribution >= 4 is 19.7 Å². The van der Waals surface area contributed by atoms with Crippen molar-refractivity contribution in [1.82, 2.24) is 4.98 Å². The lowest BCUT2D eigenvalue weighted by Crippen LogP contribution is -2.02. The third kappa shape index (κ3) is 6.30. The average Bonchev–Trinajstić information content (AvgIpc) is 2.17. The van der Waals surface area contributed by atoms with Crippen LogP contribution in [0.25, 0.3) is 0 Å². The monoisotopic (exact) mass is 249 g/mol. The highest BCUT2D eigenvalue weighted by Gasteiger charge is 2.03. The molecule has 0 saturated carbocycles. The lowest BCUT2D eigenvalue weighted by atomic mass is 10.3. The van der Waals surface area contributed by atoms with Crippen LogP contribution in [0.4, 0.5) is 0 Å². The van der Waals surface area contributed by atoms with Crippen molar-refractivity contribution in [3.05, 3.63) is 24.5 Å². The molecule has 0 aromatic carbocycles. The fourth-order valence-corrected chi connectivity index (χ4v) is 1.88. The molecule has 0 spiro atoms. The predicted octanol–water partition coefficient (Wildman–Crippen LogP) is 1.81. The third-order valence-corrected chi connectivity index (χ3v) is 2.92. The van der Waals surface area contributed by atoms with E-state index in [2.05, 4.69) is 4.98 Å². The molecule has 1 heterocycles. The zero-order valence-electron chi connectivity index (χ0n) is 8.10. The van der Waals surface area contributed by atoms with Gasteiger partial charge in [-0.05, 0) is 25.0 Å². The van der Waals surface area contributed by atoms with Crippen LogP contribution in [0.2, 0.25) is 0 Å². The summed E-state index contributed by atoms with van der Waals surface area (Å²) in [7, 11) is 1.69. The number of ether oxygens (including phenoxy) is 1. The number of hydrogen-bond acceptors (Lipinski definition) is 4. The van der Waals surface area contributed by atoms with Gasteiger partial charge in [-0.1, -0.05) is 0 Å². The zero-order chi connectivity index (χ0) is 11.1. The molecule has 1 aromatic rings. The molecular weight excluding hydrogens is 238 g/mol. The molecule has 0 aliphatic heterocycles. The quantitative estimate of drug-likeness (QED) is 0.570. The molecule has 1 aromatic heterocycles. The van der Waals surface area contributed by atoms with E-state index in [0.29, 0.717) is 25.2 Å². The number of aromatic nitrogens is 1. The van der Waals surface area contributed by atoms with Crippen LogP contribution < -0.4 is 4.74 Å². The van der Waals surface area contributed by atoms with Crippen LogP contribution in [0.3, 0.4) is 0 Å². The molecule has 0 fully saturated rings. The van der Waals surface area contributed by atoms with E-state index >= 15 is 0 Å². The lowest BCUT2D eigenvalue weighted by Gasteiger charge is -2.04. The van der Waals surface area contributed by atoms with E-state index in [4.69, 9.17) is 15.4 Å². The Labute approximate surface area is 93.7 Å². The molecule has 0 bridgehead atoms. The van der Waals surface area contributed by atoms with Gasteiger partial charge >= 0.3 is 0 Å². The highest BCUT2D eigenvalue weighted by atomic mass is 35.7. The van der Waals surface area contributed by atoms with Gasteiger partial charge in [0.25, 0.3) is 0 Å². The summed E-state index contributed by atoms with van der Waals surface area (Å²) in [6.07, 6.45) is 4.43. The van der Waals surface area contributed by atoms with Crippen LogP contribution in [0.15, 0.2) is 24.5 Å². The molecular formula is C9H12ClNO3S. The number of rotatable bonds is 6. The molecule has 1 rings (SSSR count). The Bertz CT molecular complexity index is 380. The molecule has 0 radical (unpaired) electrons. The first-order chi connectivity index (χ1) is 7.08. The fourth-order valence-electron chi connectivity index (χ4n) is 0.999. The number of unbranched alkanes of at least 4 members (excludes halogenated alkanes) is 1. The second kappa shape index (κ2) is 5.92. The smallest absolute Gasteiger partial charge is 0.232 e. The van der Waals surface area contributed by atoms with Crippen molar-refractivity contribution < 1.29 is 13.2 Å². The van der Waals surface area contributed by atoms with Gasteiger partial charge in [-0.15, -0.1) is 0 Å². The van der Waals surface area contributed by atoms with E-state index in [1.165, 1.54) is 0 Å². The van der Waals surface area contributed by atoms with Gasteiger partial charge in [0.05, 0.1) is 18.6 Å². The van der Waals surface area contributed by atoms with Crippen molar-refractivity contribution in [1.29, 1.82) is 0 Å². The molecule has 0 atom stereocenters. The third-order valence-electron chi connectivity index (χ3n) is 1.69. The van der Waals surface area contributed by atoms with E-state index in [1.807, 2.05) is 0 Å². The topological polar surface area (TPSA) is 56.3 Å². The summed E-state index contributed by atoms with van der Waals surface area (Å²) in [6, 6.07) is 3.57. The van der Waals surface area contributed by atoms with Crippen LogP contribution in [0.5, 0.6) is 5.75 Å². The molecule has 0 amide bonds. The number of hydrogen-bond donors (Lipinski definition) is 0. The molecule has 0 saturated heterocycles. The summed E-state index contributed by atoms with van der Waals surface area (Å²) in [5.41, 5.74) is 0. The summed E-state index contributed by atoms with van der Waals surface area (Å²) >= 11 is 0. The van der Waals surface area contributed by atoms with Gasteiger partial charge in [-0.25, -0.2) is 8.42 Å². The number of nitrogens with zero attached hydrogens (tertiary/aromatic N) is 1. The minimum atomic E-state index is -3.36. The molecule has 84 valence electrons. The Morgan fingerprint density at radius 3 is 2.80 bits per heavy atom. The van der Waals surface area contributed by atoms with Crippen molar-refractivity contribution in [2.24, 2.45) is 0 Å². The van der Waals surface area contributed by atoms with Crippen molar-refractivity contribution in [2.75, 3.05) is 12.4 Å². The molecule has 15 heavy (non-hydrogen) atoms. The van der Waals surface area contributed by atoms with E-state index in [1.54, 1.807) is 24.5 Å². The first kappa shape index (κ1) is 12.3. The standard InChI is InChI=1S/C9H12ClNO3S/c10-15(12,13)7-2-1-6-14-9-4-3-5-11-8-9/h3-5,8H,1-2,6-7H2. The predicted molar refractivity (Wildman–Crippen MR) is 58.6 cm³/mol. The molecule has 0 aliphatic rings. The highest BCUT2D eigenvalue weighted by molar-refractivity contribution is 8.13. The second-order valence-corrected chi connectivity index (χ2v) is 5.88. The first-order valence-corrected chi connectivity index (χ1v) is 7.01. The number of pyridine rings is 1. The van der Waals surface area contributed by atoms with Gasteiger partial charge in [0.15, 0.2) is 0 Å². The SMILES string of the molecule is O=S(=O)(Cl)CCCCOc1cccnc1. The summed E-state index contributed by atoms with van der Waals surface area (Å²) in [5.74, 6) is 0.677. The van der Waals surface area contributed by atoms with Crippen LogP contribution >= 0.6 is 10.7 Å². The Kier molecular flexibility index (Phi) is 4.84. The Morgan fingerprint density at radius 1 is 1.40 bits per heavy atom. The van der Waals surface area contributed by atoms with Gasteiger partial charge in [-0.2, -0.15) is 0 Å². The highest BCUT2D eigenvalue weighted by Crippen LogP contribution is 2.07. The second-order valence-electron chi connectivity index (χ2n) is 2.99. The number of halogens is 1. The van der Waals surface area contributed by atoms with Crippen LogP contribution in [0, 0.1) is 0 Å². The zero-order valence-corrected chi connectivity index (χ0v) is 9.67. The van der Waals surface area contributed by atoms with Crippen molar-refractivity contribution in [2.45, 2.75) is 12.8 Å². The first-order valence-electron chi connectivity index (χ1n) is 4.53. The fraction of sp³-hybridized carbons (Fsp3) is 0.444. The van der Waals surface area contributed by atoms with E-state index in [9.17, 15) is 8.42 Å². The van der Waals surface area contributed by atoms with E-state index < -0.39 is 9.05 Å².